The molecular weight excluding hydrogens is 371 g/mol. The molecule has 28 heavy (non-hydrogen) atoms. The lowest BCUT2D eigenvalue weighted by atomic mass is 9.92. The highest BCUT2D eigenvalue weighted by Gasteiger charge is 2.38. The van der Waals surface area contributed by atoms with E-state index in [1.807, 2.05) is 12.1 Å². The Balaban J connectivity index is 0.000000345. The molecule has 0 aliphatic carbocycles. The number of fused-ring (bicyclic) bond motifs is 1. The summed E-state index contributed by atoms with van der Waals surface area (Å²) in [5.41, 5.74) is 5.75. The van der Waals surface area contributed by atoms with Gasteiger partial charge in [0.1, 0.15) is 5.75 Å². The number of carboxylic acid groups (broad SMARTS) is 1. The molecule has 0 amide bonds. The van der Waals surface area contributed by atoms with Gasteiger partial charge >= 0.3 is 12.1 Å². The SMILES string of the molecule is COc1ccc(Cc2ccc3c(c2)[C@H](C)CNCC3)cc1.O=C(O)C(F)(F)F. The summed E-state index contributed by atoms with van der Waals surface area (Å²) in [4.78, 5) is 8.90. The molecule has 0 bridgehead atoms. The first-order valence-electron chi connectivity index (χ1n) is 8.96. The van der Waals surface area contributed by atoms with Crippen LogP contribution in [-0.2, 0) is 17.6 Å². The Morgan fingerprint density at radius 2 is 1.79 bits per heavy atom. The van der Waals surface area contributed by atoms with E-state index in [2.05, 4.69) is 42.6 Å². The number of rotatable bonds is 3. The number of carbonyl (C=O) groups is 1. The minimum absolute atomic E-state index is 0.596. The second kappa shape index (κ2) is 9.59. The zero-order valence-electron chi connectivity index (χ0n) is 15.8. The third kappa shape index (κ3) is 6.27. The van der Waals surface area contributed by atoms with Crippen LogP contribution in [0, 0.1) is 0 Å². The van der Waals surface area contributed by atoms with Crippen LogP contribution in [0.25, 0.3) is 0 Å². The zero-order valence-corrected chi connectivity index (χ0v) is 15.8. The Hall–Kier alpha value is -2.54. The fourth-order valence-electron chi connectivity index (χ4n) is 3.07. The van der Waals surface area contributed by atoms with Gasteiger partial charge in [0.15, 0.2) is 0 Å². The van der Waals surface area contributed by atoms with Gasteiger partial charge in [-0.3, -0.25) is 0 Å². The molecule has 1 aliphatic rings. The van der Waals surface area contributed by atoms with E-state index in [1.165, 1.54) is 22.3 Å². The Labute approximate surface area is 162 Å². The number of benzene rings is 2. The molecule has 2 aromatic carbocycles. The largest absolute Gasteiger partial charge is 0.497 e. The summed E-state index contributed by atoms with van der Waals surface area (Å²) in [6.07, 6.45) is -2.96. The Morgan fingerprint density at radius 3 is 2.36 bits per heavy atom. The highest BCUT2D eigenvalue weighted by molar-refractivity contribution is 5.73. The van der Waals surface area contributed by atoms with Crippen LogP contribution in [0.1, 0.15) is 35.1 Å². The van der Waals surface area contributed by atoms with Crippen molar-refractivity contribution in [1.82, 2.24) is 5.32 Å². The fraction of sp³-hybridized carbons (Fsp3) is 0.381. The number of hydrogen-bond acceptors (Lipinski definition) is 3. The summed E-state index contributed by atoms with van der Waals surface area (Å²) in [6.45, 7) is 4.49. The van der Waals surface area contributed by atoms with Gasteiger partial charge in [-0.15, -0.1) is 0 Å². The van der Waals surface area contributed by atoms with Crippen LogP contribution >= 0.6 is 0 Å². The fourth-order valence-corrected chi connectivity index (χ4v) is 3.07. The molecule has 152 valence electrons. The molecule has 1 aliphatic heterocycles. The smallest absolute Gasteiger partial charge is 0.490 e. The van der Waals surface area contributed by atoms with Gasteiger partial charge in [0, 0.05) is 6.54 Å². The highest BCUT2D eigenvalue weighted by Crippen LogP contribution is 2.25. The van der Waals surface area contributed by atoms with E-state index < -0.39 is 12.1 Å². The van der Waals surface area contributed by atoms with E-state index in [4.69, 9.17) is 14.6 Å². The van der Waals surface area contributed by atoms with Gasteiger partial charge < -0.3 is 15.2 Å². The third-order valence-electron chi connectivity index (χ3n) is 4.57. The van der Waals surface area contributed by atoms with Crippen molar-refractivity contribution in [2.24, 2.45) is 0 Å². The van der Waals surface area contributed by atoms with E-state index in [9.17, 15) is 13.2 Å². The van der Waals surface area contributed by atoms with Crippen molar-refractivity contribution in [1.29, 1.82) is 0 Å². The molecule has 0 saturated carbocycles. The standard InChI is InChI=1S/C19H23NO.C2HF3O2/c1-14-13-20-10-9-17-6-3-16(12-19(14)17)11-15-4-7-18(21-2)8-5-15;3-2(4,5)1(6)7/h3-8,12,14,20H,9-11,13H2,1-2H3;(H,6,7)/t14-;/m1./s1. The van der Waals surface area contributed by atoms with Gasteiger partial charge in [-0.05, 0) is 59.7 Å². The van der Waals surface area contributed by atoms with Crippen molar-refractivity contribution >= 4 is 5.97 Å². The lowest BCUT2D eigenvalue weighted by Gasteiger charge is -2.14. The molecule has 1 atom stereocenters. The minimum Gasteiger partial charge on any atom is -0.497 e. The quantitative estimate of drug-likeness (QED) is 0.819. The number of halogens is 3. The molecule has 2 aromatic rings. The molecular formula is C21H24F3NO3. The molecule has 0 spiro atoms. The normalized spacial score (nSPS) is 16.2. The summed E-state index contributed by atoms with van der Waals surface area (Å²) in [6, 6.07) is 15.4. The number of alkyl halides is 3. The number of carboxylic acids is 1. The van der Waals surface area contributed by atoms with Gasteiger partial charge in [-0.1, -0.05) is 37.3 Å². The van der Waals surface area contributed by atoms with E-state index in [0.717, 1.165) is 31.7 Å². The lowest BCUT2D eigenvalue weighted by molar-refractivity contribution is -0.192. The summed E-state index contributed by atoms with van der Waals surface area (Å²) in [5, 5.41) is 10.6. The van der Waals surface area contributed by atoms with Crippen molar-refractivity contribution in [3.05, 3.63) is 64.7 Å². The van der Waals surface area contributed by atoms with Crippen molar-refractivity contribution in [3.8, 4) is 5.75 Å². The average Bonchev–Trinajstić information content (AvgIpc) is 2.84. The van der Waals surface area contributed by atoms with E-state index >= 15 is 0 Å². The van der Waals surface area contributed by atoms with Crippen LogP contribution in [0.15, 0.2) is 42.5 Å². The molecule has 0 aromatic heterocycles. The van der Waals surface area contributed by atoms with Crippen molar-refractivity contribution in [3.63, 3.8) is 0 Å². The molecule has 0 saturated heterocycles. The van der Waals surface area contributed by atoms with Gasteiger partial charge in [0.05, 0.1) is 7.11 Å². The minimum atomic E-state index is -5.08. The maximum Gasteiger partial charge on any atom is 0.490 e. The Bertz CT molecular complexity index is 788. The number of ether oxygens (including phenoxy) is 1. The molecule has 1 heterocycles. The molecule has 0 radical (unpaired) electrons. The second-order valence-corrected chi connectivity index (χ2v) is 6.72. The second-order valence-electron chi connectivity index (χ2n) is 6.72. The number of methoxy groups -OCH3 is 1. The summed E-state index contributed by atoms with van der Waals surface area (Å²) >= 11 is 0. The topological polar surface area (TPSA) is 58.6 Å². The Kier molecular flexibility index (Phi) is 7.45. The first-order chi connectivity index (χ1) is 13.2. The molecule has 0 fully saturated rings. The van der Waals surface area contributed by atoms with Crippen LogP contribution in [-0.4, -0.2) is 37.5 Å². The van der Waals surface area contributed by atoms with Gasteiger partial charge in [-0.25, -0.2) is 4.79 Å². The number of nitrogens with one attached hydrogen (secondary N) is 1. The van der Waals surface area contributed by atoms with E-state index in [0.29, 0.717) is 5.92 Å². The predicted molar refractivity (Wildman–Crippen MR) is 101 cm³/mol. The monoisotopic (exact) mass is 395 g/mol. The molecule has 3 rings (SSSR count). The third-order valence-corrected chi connectivity index (χ3v) is 4.57. The van der Waals surface area contributed by atoms with Crippen LogP contribution in [0.4, 0.5) is 13.2 Å². The number of aliphatic carboxylic acids is 1. The molecule has 0 unspecified atom stereocenters. The van der Waals surface area contributed by atoms with Crippen molar-refractivity contribution < 1.29 is 27.8 Å². The van der Waals surface area contributed by atoms with Gasteiger partial charge in [-0.2, -0.15) is 13.2 Å². The molecule has 4 nitrogen and oxygen atoms in total. The van der Waals surface area contributed by atoms with E-state index in [1.54, 1.807) is 7.11 Å². The summed E-state index contributed by atoms with van der Waals surface area (Å²) < 4.78 is 37.0. The van der Waals surface area contributed by atoms with Gasteiger partial charge in [0.25, 0.3) is 0 Å². The molecule has 7 heteroatoms. The van der Waals surface area contributed by atoms with Crippen molar-refractivity contribution in [2.45, 2.75) is 31.9 Å². The maximum absolute atomic E-state index is 10.6. The maximum atomic E-state index is 10.6. The highest BCUT2D eigenvalue weighted by atomic mass is 19.4. The lowest BCUT2D eigenvalue weighted by Crippen LogP contribution is -2.21. The predicted octanol–water partition coefficient (Wildman–Crippen LogP) is 4.17. The summed E-state index contributed by atoms with van der Waals surface area (Å²) in [5.74, 6) is -1.24. The Morgan fingerprint density at radius 1 is 1.18 bits per heavy atom. The number of hydrogen-bond donors (Lipinski definition) is 2. The van der Waals surface area contributed by atoms with E-state index in [-0.39, 0.29) is 0 Å². The molecule has 2 N–H and O–H groups in total. The first kappa shape index (κ1) is 21.8. The average molecular weight is 395 g/mol. The first-order valence-corrected chi connectivity index (χ1v) is 8.96. The van der Waals surface area contributed by atoms with Crippen LogP contribution in [0.5, 0.6) is 5.75 Å². The van der Waals surface area contributed by atoms with Crippen LogP contribution < -0.4 is 10.1 Å². The van der Waals surface area contributed by atoms with Crippen molar-refractivity contribution in [2.75, 3.05) is 20.2 Å². The zero-order chi connectivity index (χ0) is 20.7. The van der Waals surface area contributed by atoms with Crippen LogP contribution in [0.3, 0.4) is 0 Å². The van der Waals surface area contributed by atoms with Crippen LogP contribution in [0.2, 0.25) is 0 Å². The van der Waals surface area contributed by atoms with Gasteiger partial charge in [0.2, 0.25) is 0 Å². The summed E-state index contributed by atoms with van der Waals surface area (Å²) in [7, 11) is 1.71.